The topological polar surface area (TPSA) is 73.1 Å². The molecule has 0 aromatic carbocycles. The van der Waals surface area contributed by atoms with E-state index >= 15 is 0 Å². The summed E-state index contributed by atoms with van der Waals surface area (Å²) in [5.41, 5.74) is 5.74. The van der Waals surface area contributed by atoms with Crippen molar-refractivity contribution in [3.05, 3.63) is 11.9 Å². The maximum Gasteiger partial charge on any atom is 0.133 e. The summed E-state index contributed by atoms with van der Waals surface area (Å²) in [6, 6.07) is 1.76. The van der Waals surface area contributed by atoms with Gasteiger partial charge >= 0.3 is 0 Å². The summed E-state index contributed by atoms with van der Waals surface area (Å²) in [5, 5.41) is 3.21. The molecule has 0 bridgehead atoms. The molecule has 5 nitrogen and oxygen atoms in total. The van der Waals surface area contributed by atoms with E-state index in [-0.39, 0.29) is 0 Å². The van der Waals surface area contributed by atoms with Crippen LogP contribution in [0.1, 0.15) is 38.9 Å². The highest BCUT2D eigenvalue weighted by Crippen LogP contribution is 2.09. The van der Waals surface area contributed by atoms with Crippen LogP contribution in [0, 0.1) is 0 Å². The van der Waals surface area contributed by atoms with Crippen LogP contribution in [0.5, 0.6) is 0 Å². The van der Waals surface area contributed by atoms with Crippen LogP contribution >= 0.6 is 0 Å². The van der Waals surface area contributed by atoms with E-state index in [1.807, 2.05) is 0 Å². The van der Waals surface area contributed by atoms with Crippen molar-refractivity contribution in [1.82, 2.24) is 9.97 Å². The quantitative estimate of drug-likeness (QED) is 0.659. The van der Waals surface area contributed by atoms with Crippen molar-refractivity contribution in [2.24, 2.45) is 0 Å². The number of hydrogen-bond donors (Lipinski definition) is 2. The minimum Gasteiger partial charge on any atom is -0.384 e. The first-order valence-electron chi connectivity index (χ1n) is 6.71. The summed E-state index contributed by atoms with van der Waals surface area (Å²) < 4.78 is 5.47. The third kappa shape index (κ3) is 5.82. The Hall–Kier alpha value is -1.36. The van der Waals surface area contributed by atoms with Gasteiger partial charge in [-0.05, 0) is 12.8 Å². The van der Waals surface area contributed by atoms with Crippen molar-refractivity contribution >= 4 is 11.6 Å². The van der Waals surface area contributed by atoms with E-state index in [9.17, 15) is 0 Å². The zero-order valence-electron chi connectivity index (χ0n) is 11.4. The van der Waals surface area contributed by atoms with E-state index in [4.69, 9.17) is 10.5 Å². The fourth-order valence-corrected chi connectivity index (χ4v) is 1.54. The van der Waals surface area contributed by atoms with Crippen LogP contribution in [-0.4, -0.2) is 29.7 Å². The summed E-state index contributed by atoms with van der Waals surface area (Å²) in [6.45, 7) is 6.51. The minimum atomic E-state index is 0.517. The van der Waals surface area contributed by atoms with Gasteiger partial charge in [0.05, 0.1) is 6.61 Å². The van der Waals surface area contributed by atoms with Crippen LogP contribution in [0.3, 0.4) is 0 Å². The number of aromatic nitrogens is 2. The second-order valence-electron chi connectivity index (χ2n) is 4.24. The smallest absolute Gasteiger partial charge is 0.133 e. The van der Waals surface area contributed by atoms with Gasteiger partial charge in [0.1, 0.15) is 17.5 Å². The van der Waals surface area contributed by atoms with Gasteiger partial charge < -0.3 is 15.8 Å². The highest BCUT2D eigenvalue weighted by atomic mass is 16.5. The van der Waals surface area contributed by atoms with Crippen LogP contribution in [0.15, 0.2) is 6.07 Å². The average molecular weight is 252 g/mol. The average Bonchev–Trinajstić information content (AvgIpc) is 2.33. The third-order valence-electron chi connectivity index (χ3n) is 2.46. The molecule has 1 aromatic heterocycles. The zero-order valence-corrected chi connectivity index (χ0v) is 11.4. The number of nitrogens with two attached hydrogens (primary N) is 1. The molecule has 102 valence electrons. The Bertz CT molecular complexity index is 344. The van der Waals surface area contributed by atoms with E-state index in [0.29, 0.717) is 12.4 Å². The minimum absolute atomic E-state index is 0.517. The third-order valence-corrected chi connectivity index (χ3v) is 2.46. The molecular formula is C13H24N4O. The number of ether oxygens (including phenoxy) is 1. The fraction of sp³-hybridized carbons (Fsp3) is 0.692. The predicted octanol–water partition coefficient (Wildman–Crippen LogP) is 2.24. The molecule has 0 unspecified atom stereocenters. The zero-order chi connectivity index (χ0) is 13.2. The van der Waals surface area contributed by atoms with Gasteiger partial charge in [-0.1, -0.05) is 20.3 Å². The number of rotatable bonds is 9. The van der Waals surface area contributed by atoms with Gasteiger partial charge in [0, 0.05) is 25.6 Å². The summed E-state index contributed by atoms with van der Waals surface area (Å²) in [6.07, 6.45) is 4.15. The molecule has 1 rings (SSSR count). The molecule has 0 saturated heterocycles. The lowest BCUT2D eigenvalue weighted by atomic mass is 10.3. The molecule has 1 aromatic rings. The Kier molecular flexibility index (Phi) is 7.10. The molecule has 3 N–H and O–H groups in total. The maximum atomic E-state index is 5.74. The number of unbranched alkanes of at least 4 members (excludes halogenated alkanes) is 1. The van der Waals surface area contributed by atoms with Gasteiger partial charge in [0.25, 0.3) is 0 Å². The van der Waals surface area contributed by atoms with Gasteiger partial charge in [-0.2, -0.15) is 0 Å². The van der Waals surface area contributed by atoms with Crippen LogP contribution in [0.25, 0.3) is 0 Å². The molecule has 5 heteroatoms. The lowest BCUT2D eigenvalue weighted by molar-refractivity contribution is 0.141. The Morgan fingerprint density at radius 1 is 1.22 bits per heavy atom. The van der Waals surface area contributed by atoms with Gasteiger partial charge in [-0.3, -0.25) is 0 Å². The number of hydrogen-bond acceptors (Lipinski definition) is 5. The molecule has 0 aliphatic heterocycles. The highest BCUT2D eigenvalue weighted by molar-refractivity contribution is 5.44. The molecule has 0 amide bonds. The number of nitrogens with zero attached hydrogens (tertiary/aromatic N) is 2. The summed E-state index contributed by atoms with van der Waals surface area (Å²) in [5.74, 6) is 2.10. The SMILES string of the molecule is CCCCOCCNc1cc(N)nc(CCC)n1. The molecule has 0 saturated carbocycles. The number of nitrogen functional groups attached to an aromatic ring is 1. The summed E-state index contributed by atoms with van der Waals surface area (Å²) in [4.78, 5) is 8.59. The number of anilines is 2. The van der Waals surface area contributed by atoms with Gasteiger partial charge in [0.15, 0.2) is 0 Å². The Labute approximate surface area is 109 Å². The first-order valence-corrected chi connectivity index (χ1v) is 6.71. The van der Waals surface area contributed by atoms with Crippen molar-refractivity contribution in [2.75, 3.05) is 30.8 Å². The van der Waals surface area contributed by atoms with Crippen LogP contribution in [0.2, 0.25) is 0 Å². The van der Waals surface area contributed by atoms with Gasteiger partial charge in [-0.25, -0.2) is 9.97 Å². The van der Waals surface area contributed by atoms with E-state index in [0.717, 1.165) is 50.5 Å². The van der Waals surface area contributed by atoms with Crippen molar-refractivity contribution in [3.8, 4) is 0 Å². The Balaban J connectivity index is 2.32. The van der Waals surface area contributed by atoms with Crippen molar-refractivity contribution < 1.29 is 4.74 Å². The largest absolute Gasteiger partial charge is 0.384 e. The van der Waals surface area contributed by atoms with Gasteiger partial charge in [-0.15, -0.1) is 0 Å². The normalized spacial score (nSPS) is 10.6. The van der Waals surface area contributed by atoms with Crippen LogP contribution in [-0.2, 0) is 11.2 Å². The van der Waals surface area contributed by atoms with E-state index in [2.05, 4.69) is 29.1 Å². The van der Waals surface area contributed by atoms with Crippen molar-refractivity contribution in [1.29, 1.82) is 0 Å². The summed E-state index contributed by atoms with van der Waals surface area (Å²) in [7, 11) is 0. The second-order valence-corrected chi connectivity index (χ2v) is 4.24. The Morgan fingerprint density at radius 2 is 2.06 bits per heavy atom. The van der Waals surface area contributed by atoms with E-state index in [1.54, 1.807) is 6.07 Å². The molecule has 0 atom stereocenters. The molecule has 0 aliphatic carbocycles. The van der Waals surface area contributed by atoms with Crippen molar-refractivity contribution in [2.45, 2.75) is 39.5 Å². The van der Waals surface area contributed by atoms with E-state index in [1.165, 1.54) is 0 Å². The first kappa shape index (κ1) is 14.7. The number of aryl methyl sites for hydroxylation is 1. The second kappa shape index (κ2) is 8.69. The molecule has 0 fully saturated rings. The van der Waals surface area contributed by atoms with Gasteiger partial charge in [0.2, 0.25) is 0 Å². The predicted molar refractivity (Wildman–Crippen MR) is 74.7 cm³/mol. The lowest BCUT2D eigenvalue weighted by Gasteiger charge is -2.08. The maximum absolute atomic E-state index is 5.74. The molecule has 0 aliphatic rings. The first-order chi connectivity index (χ1) is 8.76. The fourth-order valence-electron chi connectivity index (χ4n) is 1.54. The lowest BCUT2D eigenvalue weighted by Crippen LogP contribution is -2.12. The molecular weight excluding hydrogens is 228 g/mol. The van der Waals surface area contributed by atoms with Crippen LogP contribution in [0.4, 0.5) is 11.6 Å². The Morgan fingerprint density at radius 3 is 2.78 bits per heavy atom. The van der Waals surface area contributed by atoms with Crippen LogP contribution < -0.4 is 11.1 Å². The van der Waals surface area contributed by atoms with E-state index < -0.39 is 0 Å². The summed E-state index contributed by atoms with van der Waals surface area (Å²) >= 11 is 0. The monoisotopic (exact) mass is 252 g/mol. The highest BCUT2D eigenvalue weighted by Gasteiger charge is 2.01. The van der Waals surface area contributed by atoms with Crippen molar-refractivity contribution in [3.63, 3.8) is 0 Å². The molecule has 18 heavy (non-hydrogen) atoms. The molecule has 0 spiro atoms. The number of nitrogens with one attached hydrogen (secondary N) is 1. The molecule has 0 radical (unpaired) electrons. The molecule has 1 heterocycles. The standard InChI is InChI=1S/C13H24N4O/c1-3-5-8-18-9-7-15-13-10-11(14)16-12(17-13)6-4-2/h10H,3-9H2,1-2H3,(H3,14,15,16,17).